The minimum atomic E-state index is -0.225. The summed E-state index contributed by atoms with van der Waals surface area (Å²) < 4.78 is 15.5. The molecule has 1 aliphatic rings. The fourth-order valence-electron chi connectivity index (χ4n) is 3.01. The van der Waals surface area contributed by atoms with Gasteiger partial charge in [-0.15, -0.1) is 0 Å². The number of methoxy groups -OCH3 is 1. The van der Waals surface area contributed by atoms with E-state index in [1.165, 1.54) is 0 Å². The third kappa shape index (κ3) is 3.89. The summed E-state index contributed by atoms with van der Waals surface area (Å²) in [5.41, 5.74) is 0.775. The van der Waals surface area contributed by atoms with Crippen molar-refractivity contribution in [3.8, 4) is 0 Å². The van der Waals surface area contributed by atoms with E-state index < -0.39 is 0 Å². The Morgan fingerprint density at radius 1 is 1.32 bits per heavy atom. The molecule has 0 saturated carbocycles. The average Bonchev–Trinajstić information content (AvgIpc) is 3.19. The first kappa shape index (κ1) is 17.6. The van der Waals surface area contributed by atoms with E-state index in [9.17, 15) is 4.79 Å². The Hall–Kier alpha value is -2.22. The van der Waals surface area contributed by atoms with E-state index in [1.807, 2.05) is 13.8 Å². The normalized spacial score (nSPS) is 18.6. The predicted molar refractivity (Wildman–Crippen MR) is 87.8 cm³/mol. The number of nitrogens with zero attached hydrogens (tertiary/aromatic N) is 4. The quantitative estimate of drug-likeness (QED) is 0.819. The number of hydrogen-bond acceptors (Lipinski definition) is 7. The van der Waals surface area contributed by atoms with Crippen LogP contribution in [0.25, 0.3) is 0 Å². The van der Waals surface area contributed by atoms with Gasteiger partial charge in [-0.3, -0.25) is 4.79 Å². The summed E-state index contributed by atoms with van der Waals surface area (Å²) >= 11 is 0. The van der Waals surface area contributed by atoms with E-state index in [4.69, 9.17) is 13.8 Å². The summed E-state index contributed by atoms with van der Waals surface area (Å²) in [5.74, 6) is 1.22. The van der Waals surface area contributed by atoms with Crippen molar-refractivity contribution in [1.82, 2.24) is 20.2 Å². The molecule has 1 amide bonds. The van der Waals surface area contributed by atoms with Gasteiger partial charge in [-0.1, -0.05) is 37.0 Å². The van der Waals surface area contributed by atoms with Gasteiger partial charge in [0.25, 0.3) is 11.8 Å². The van der Waals surface area contributed by atoms with E-state index in [-0.39, 0.29) is 30.2 Å². The highest BCUT2D eigenvalue weighted by molar-refractivity contribution is 5.91. The fraction of sp³-hybridized carbons (Fsp3) is 0.647. The second-order valence-corrected chi connectivity index (χ2v) is 6.61. The molecule has 0 aromatic carbocycles. The molecule has 1 atom stereocenters. The zero-order valence-electron chi connectivity index (χ0n) is 14.9. The molecule has 2 aromatic rings. The molecule has 2 aromatic heterocycles. The third-order valence-electron chi connectivity index (χ3n) is 4.39. The number of hydrogen-bond donors (Lipinski definition) is 0. The Balaban J connectivity index is 1.84. The standard InChI is InChI=1S/C17H24N4O4/c1-11(2)12-9-14(24-19-12)17(22)21-8-6-4-5-7-13(21)16-18-15(10-23-3)25-20-16/h9,11,13H,4-8,10H2,1-3H3/t13-/m0/s1. The van der Waals surface area contributed by atoms with Crippen LogP contribution in [0, 0.1) is 0 Å². The van der Waals surface area contributed by atoms with Crippen LogP contribution in [0.5, 0.6) is 0 Å². The van der Waals surface area contributed by atoms with E-state index in [2.05, 4.69) is 15.3 Å². The van der Waals surface area contributed by atoms with Gasteiger partial charge in [0, 0.05) is 19.7 Å². The molecule has 0 unspecified atom stereocenters. The Morgan fingerprint density at radius 2 is 2.16 bits per heavy atom. The zero-order chi connectivity index (χ0) is 17.8. The molecule has 0 aliphatic carbocycles. The van der Waals surface area contributed by atoms with Crippen LogP contribution in [0.4, 0.5) is 0 Å². The van der Waals surface area contributed by atoms with Crippen LogP contribution in [0.1, 0.15) is 79.5 Å². The summed E-state index contributed by atoms with van der Waals surface area (Å²) in [6.45, 7) is 4.91. The minimum Gasteiger partial charge on any atom is -0.375 e. The highest BCUT2D eigenvalue weighted by Gasteiger charge is 2.33. The van der Waals surface area contributed by atoms with Gasteiger partial charge in [-0.05, 0) is 18.8 Å². The number of likely N-dealkylation sites (tertiary alicyclic amines) is 1. The number of ether oxygens (including phenoxy) is 1. The fourth-order valence-corrected chi connectivity index (χ4v) is 3.01. The van der Waals surface area contributed by atoms with Gasteiger partial charge in [-0.25, -0.2) is 0 Å². The Morgan fingerprint density at radius 3 is 2.88 bits per heavy atom. The monoisotopic (exact) mass is 348 g/mol. The molecule has 0 spiro atoms. The first-order valence-electron chi connectivity index (χ1n) is 8.69. The lowest BCUT2D eigenvalue weighted by Gasteiger charge is -2.26. The molecule has 1 aliphatic heterocycles. The van der Waals surface area contributed by atoms with Crippen LogP contribution < -0.4 is 0 Å². The van der Waals surface area contributed by atoms with Crippen LogP contribution in [-0.4, -0.2) is 39.8 Å². The lowest BCUT2D eigenvalue weighted by Crippen LogP contribution is -2.35. The molecule has 25 heavy (non-hydrogen) atoms. The highest BCUT2D eigenvalue weighted by atomic mass is 16.5. The van der Waals surface area contributed by atoms with Crippen LogP contribution in [0.15, 0.2) is 15.1 Å². The second kappa shape index (κ2) is 7.77. The molecule has 8 nitrogen and oxygen atoms in total. The van der Waals surface area contributed by atoms with Crippen molar-refractivity contribution in [3.63, 3.8) is 0 Å². The first-order valence-corrected chi connectivity index (χ1v) is 8.69. The van der Waals surface area contributed by atoms with Gasteiger partial charge in [0.1, 0.15) is 6.61 Å². The van der Waals surface area contributed by atoms with Crippen molar-refractivity contribution >= 4 is 5.91 Å². The number of rotatable bonds is 5. The predicted octanol–water partition coefficient (Wildman–Crippen LogP) is 3.08. The molecule has 3 rings (SSSR count). The number of carbonyl (C=O) groups is 1. The van der Waals surface area contributed by atoms with Crippen molar-refractivity contribution in [2.75, 3.05) is 13.7 Å². The molecular weight excluding hydrogens is 324 g/mol. The highest BCUT2D eigenvalue weighted by Crippen LogP contribution is 2.30. The smallest absolute Gasteiger partial charge is 0.293 e. The summed E-state index contributed by atoms with van der Waals surface area (Å²) in [7, 11) is 1.57. The summed E-state index contributed by atoms with van der Waals surface area (Å²) in [4.78, 5) is 19.1. The van der Waals surface area contributed by atoms with E-state index in [0.29, 0.717) is 18.3 Å². The summed E-state index contributed by atoms with van der Waals surface area (Å²) in [5, 5.41) is 8.05. The Bertz CT molecular complexity index is 709. The topological polar surface area (TPSA) is 94.5 Å². The van der Waals surface area contributed by atoms with Crippen LogP contribution in [0.2, 0.25) is 0 Å². The maximum absolute atomic E-state index is 13.0. The van der Waals surface area contributed by atoms with Crippen LogP contribution in [-0.2, 0) is 11.3 Å². The summed E-state index contributed by atoms with van der Waals surface area (Å²) in [6, 6.07) is 1.50. The number of aromatic nitrogens is 3. The van der Waals surface area contributed by atoms with E-state index in [0.717, 1.165) is 31.4 Å². The first-order chi connectivity index (χ1) is 12.1. The van der Waals surface area contributed by atoms with Crippen molar-refractivity contribution in [2.24, 2.45) is 0 Å². The third-order valence-corrected chi connectivity index (χ3v) is 4.39. The van der Waals surface area contributed by atoms with Gasteiger partial charge in [-0.2, -0.15) is 4.98 Å². The molecule has 0 bridgehead atoms. The van der Waals surface area contributed by atoms with Crippen molar-refractivity contribution < 1.29 is 18.6 Å². The zero-order valence-corrected chi connectivity index (χ0v) is 14.9. The molecule has 0 N–H and O–H groups in total. The Labute approximate surface area is 146 Å². The van der Waals surface area contributed by atoms with Crippen molar-refractivity contribution in [2.45, 2.75) is 58.1 Å². The van der Waals surface area contributed by atoms with Crippen molar-refractivity contribution in [3.05, 3.63) is 29.2 Å². The van der Waals surface area contributed by atoms with Gasteiger partial charge in [0.2, 0.25) is 5.76 Å². The van der Waals surface area contributed by atoms with E-state index >= 15 is 0 Å². The molecule has 1 saturated heterocycles. The number of carbonyl (C=O) groups excluding carboxylic acids is 1. The largest absolute Gasteiger partial charge is 0.375 e. The lowest BCUT2D eigenvalue weighted by molar-refractivity contribution is 0.0627. The minimum absolute atomic E-state index is 0.176. The second-order valence-electron chi connectivity index (χ2n) is 6.61. The summed E-state index contributed by atoms with van der Waals surface area (Å²) in [6.07, 6.45) is 3.81. The molecule has 8 heteroatoms. The van der Waals surface area contributed by atoms with Gasteiger partial charge in [0.15, 0.2) is 5.82 Å². The lowest BCUT2D eigenvalue weighted by atomic mass is 10.1. The SMILES string of the molecule is COCc1nc([C@@H]2CCCCCN2C(=O)c2cc(C(C)C)no2)no1. The molecule has 136 valence electrons. The maximum atomic E-state index is 13.0. The molecule has 0 radical (unpaired) electrons. The maximum Gasteiger partial charge on any atom is 0.293 e. The van der Waals surface area contributed by atoms with E-state index in [1.54, 1.807) is 18.1 Å². The van der Waals surface area contributed by atoms with Crippen molar-refractivity contribution in [1.29, 1.82) is 0 Å². The molecule has 1 fully saturated rings. The van der Waals surface area contributed by atoms with Crippen LogP contribution in [0.3, 0.4) is 0 Å². The Kier molecular flexibility index (Phi) is 5.47. The van der Waals surface area contributed by atoms with Gasteiger partial charge >= 0.3 is 0 Å². The average molecular weight is 348 g/mol. The molecule has 3 heterocycles. The molecular formula is C17H24N4O4. The number of amides is 1. The van der Waals surface area contributed by atoms with Gasteiger partial charge in [0.05, 0.1) is 11.7 Å². The van der Waals surface area contributed by atoms with Crippen LogP contribution >= 0.6 is 0 Å². The van der Waals surface area contributed by atoms with Gasteiger partial charge < -0.3 is 18.7 Å².